The Hall–Kier alpha value is -1.97. The number of aliphatic imine (C=N–C) groups is 1. The molecule has 5 nitrogen and oxygen atoms in total. The van der Waals surface area contributed by atoms with Gasteiger partial charge < -0.3 is 4.90 Å². The lowest BCUT2D eigenvalue weighted by atomic mass is 10.1. The molecule has 0 radical (unpaired) electrons. The predicted octanol–water partition coefficient (Wildman–Crippen LogP) is 3.46. The van der Waals surface area contributed by atoms with Crippen LogP contribution >= 0.6 is 23.4 Å². The normalized spacial score (nSPS) is 24.1. The van der Waals surface area contributed by atoms with E-state index in [0.717, 1.165) is 23.9 Å². The van der Waals surface area contributed by atoms with E-state index in [4.69, 9.17) is 11.6 Å². The zero-order valence-corrected chi connectivity index (χ0v) is 17.3. The standard InChI is InChI=1S/C19H15ClF2N2O3S2/c20-13-4-2-1-3-11(13)7-18(25)23-19-24(15-6-5-12(21)8-14(15)22)16-9-29(26,27)10-17(16)28-19/h1-6,8,16-17H,7,9-10H2/t16-,17-/m1/s1. The molecule has 0 bridgehead atoms. The molecule has 0 aromatic heterocycles. The van der Waals surface area contributed by atoms with Gasteiger partial charge in [-0.25, -0.2) is 17.2 Å². The lowest BCUT2D eigenvalue weighted by Crippen LogP contribution is -2.38. The Balaban J connectivity index is 1.68. The number of hydrogen-bond acceptors (Lipinski definition) is 4. The van der Waals surface area contributed by atoms with E-state index in [9.17, 15) is 22.0 Å². The second kappa shape index (κ2) is 7.70. The summed E-state index contributed by atoms with van der Waals surface area (Å²) in [4.78, 5) is 18.0. The zero-order chi connectivity index (χ0) is 20.8. The monoisotopic (exact) mass is 456 g/mol. The summed E-state index contributed by atoms with van der Waals surface area (Å²) >= 11 is 7.21. The van der Waals surface area contributed by atoms with Crippen LogP contribution in [0.2, 0.25) is 5.02 Å². The number of fused-ring (bicyclic) bond motifs is 1. The molecule has 2 aromatic rings. The molecule has 2 atom stereocenters. The van der Waals surface area contributed by atoms with Gasteiger partial charge in [-0.05, 0) is 23.8 Å². The molecule has 0 aliphatic carbocycles. The van der Waals surface area contributed by atoms with Crippen LogP contribution < -0.4 is 4.90 Å². The number of hydrogen-bond donors (Lipinski definition) is 0. The van der Waals surface area contributed by atoms with Crippen molar-refractivity contribution in [3.63, 3.8) is 0 Å². The van der Waals surface area contributed by atoms with Crippen molar-refractivity contribution in [1.82, 2.24) is 0 Å². The van der Waals surface area contributed by atoms with Crippen molar-refractivity contribution >= 4 is 50.0 Å². The highest BCUT2D eigenvalue weighted by Gasteiger charge is 2.50. The number of anilines is 1. The van der Waals surface area contributed by atoms with Gasteiger partial charge in [-0.15, -0.1) is 0 Å². The number of rotatable bonds is 3. The average molecular weight is 457 g/mol. The Bertz CT molecular complexity index is 1120. The van der Waals surface area contributed by atoms with Gasteiger partial charge in [0.15, 0.2) is 15.0 Å². The van der Waals surface area contributed by atoms with E-state index >= 15 is 0 Å². The van der Waals surface area contributed by atoms with Crippen molar-refractivity contribution < 1.29 is 22.0 Å². The summed E-state index contributed by atoms with van der Waals surface area (Å²) in [7, 11) is -3.29. The number of halogens is 3. The summed E-state index contributed by atoms with van der Waals surface area (Å²) in [5.74, 6) is -2.35. The number of carbonyl (C=O) groups excluding carboxylic acids is 1. The number of amides is 1. The van der Waals surface area contributed by atoms with Gasteiger partial charge >= 0.3 is 0 Å². The maximum absolute atomic E-state index is 14.5. The Labute approximate surface area is 175 Å². The van der Waals surface area contributed by atoms with Crippen LogP contribution in [0.4, 0.5) is 14.5 Å². The van der Waals surface area contributed by atoms with Gasteiger partial charge in [0, 0.05) is 16.3 Å². The van der Waals surface area contributed by atoms with Gasteiger partial charge in [-0.2, -0.15) is 4.99 Å². The van der Waals surface area contributed by atoms with Crippen molar-refractivity contribution in [3.8, 4) is 0 Å². The summed E-state index contributed by atoms with van der Waals surface area (Å²) in [6, 6.07) is 9.34. The van der Waals surface area contributed by atoms with Crippen molar-refractivity contribution in [1.29, 1.82) is 0 Å². The zero-order valence-electron chi connectivity index (χ0n) is 14.9. The van der Waals surface area contributed by atoms with Crippen LogP contribution in [0.5, 0.6) is 0 Å². The number of amidine groups is 1. The number of benzene rings is 2. The van der Waals surface area contributed by atoms with Crippen LogP contribution in [-0.4, -0.2) is 42.3 Å². The topological polar surface area (TPSA) is 66.8 Å². The molecule has 2 saturated heterocycles. The summed E-state index contributed by atoms with van der Waals surface area (Å²) in [6.45, 7) is 0. The molecule has 0 saturated carbocycles. The molecule has 2 heterocycles. The molecule has 1 amide bonds. The highest BCUT2D eigenvalue weighted by Crippen LogP contribution is 2.41. The second-order valence-corrected chi connectivity index (χ2v) is 10.6. The van der Waals surface area contributed by atoms with E-state index in [1.54, 1.807) is 24.3 Å². The highest BCUT2D eigenvalue weighted by atomic mass is 35.5. The molecular weight excluding hydrogens is 442 g/mol. The molecule has 2 fully saturated rings. The third kappa shape index (κ3) is 4.17. The molecule has 0 spiro atoms. The highest BCUT2D eigenvalue weighted by molar-refractivity contribution is 8.16. The van der Waals surface area contributed by atoms with Crippen LogP contribution in [0.25, 0.3) is 0 Å². The molecule has 2 aromatic carbocycles. The maximum atomic E-state index is 14.5. The predicted molar refractivity (Wildman–Crippen MR) is 110 cm³/mol. The van der Waals surface area contributed by atoms with Crippen molar-refractivity contribution in [2.45, 2.75) is 17.7 Å². The first kappa shape index (κ1) is 20.3. The fourth-order valence-electron chi connectivity index (χ4n) is 3.47. The molecule has 0 N–H and O–H groups in total. The third-order valence-electron chi connectivity index (χ3n) is 4.76. The average Bonchev–Trinajstić information content (AvgIpc) is 3.08. The second-order valence-electron chi connectivity index (χ2n) is 6.82. The van der Waals surface area contributed by atoms with Gasteiger partial charge in [0.05, 0.1) is 29.7 Å². The van der Waals surface area contributed by atoms with Gasteiger partial charge in [0.2, 0.25) is 0 Å². The Morgan fingerprint density at radius 3 is 2.69 bits per heavy atom. The van der Waals surface area contributed by atoms with Crippen LogP contribution in [0.3, 0.4) is 0 Å². The van der Waals surface area contributed by atoms with E-state index in [2.05, 4.69) is 4.99 Å². The van der Waals surface area contributed by atoms with Crippen molar-refractivity contribution in [3.05, 3.63) is 64.7 Å². The van der Waals surface area contributed by atoms with Crippen LogP contribution in [-0.2, 0) is 21.1 Å². The number of carbonyl (C=O) groups is 1. The Morgan fingerprint density at radius 1 is 1.21 bits per heavy atom. The van der Waals surface area contributed by atoms with Crippen LogP contribution in [0.15, 0.2) is 47.5 Å². The Kier molecular flexibility index (Phi) is 5.39. The third-order valence-corrected chi connectivity index (χ3v) is 8.33. The van der Waals surface area contributed by atoms with E-state index in [-0.39, 0.29) is 34.0 Å². The first-order valence-corrected chi connectivity index (χ1v) is 11.8. The molecule has 0 unspecified atom stereocenters. The molecule has 10 heteroatoms. The minimum atomic E-state index is -3.29. The molecule has 4 rings (SSSR count). The molecule has 2 aliphatic heterocycles. The SMILES string of the molecule is O=C(Cc1ccccc1Cl)N=C1S[C@@H]2CS(=O)(=O)C[C@H]2N1c1ccc(F)cc1F. The smallest absolute Gasteiger partial charge is 0.252 e. The minimum absolute atomic E-state index is 0.00667. The number of sulfone groups is 1. The van der Waals surface area contributed by atoms with Gasteiger partial charge in [-0.1, -0.05) is 41.6 Å². The first-order chi connectivity index (χ1) is 13.7. The molecular formula is C19H15ClF2N2O3S2. The van der Waals surface area contributed by atoms with Gasteiger partial charge in [-0.3, -0.25) is 4.79 Å². The Morgan fingerprint density at radius 2 is 1.97 bits per heavy atom. The summed E-state index contributed by atoms with van der Waals surface area (Å²) in [5.41, 5.74) is 0.599. The quantitative estimate of drug-likeness (QED) is 0.707. The largest absolute Gasteiger partial charge is 0.313 e. The van der Waals surface area contributed by atoms with Crippen LogP contribution in [0, 0.1) is 11.6 Å². The van der Waals surface area contributed by atoms with E-state index in [1.807, 2.05) is 0 Å². The maximum Gasteiger partial charge on any atom is 0.252 e. The summed E-state index contributed by atoms with van der Waals surface area (Å²) in [5, 5.41) is 0.262. The van der Waals surface area contributed by atoms with Crippen molar-refractivity contribution in [2.24, 2.45) is 4.99 Å². The first-order valence-electron chi connectivity index (χ1n) is 8.70. The van der Waals surface area contributed by atoms with Gasteiger partial charge in [0.1, 0.15) is 11.6 Å². The fraction of sp³-hybridized carbons (Fsp3) is 0.263. The summed E-state index contributed by atoms with van der Waals surface area (Å²) < 4.78 is 51.9. The molecule has 152 valence electrons. The molecule has 29 heavy (non-hydrogen) atoms. The molecule has 2 aliphatic rings. The minimum Gasteiger partial charge on any atom is -0.313 e. The van der Waals surface area contributed by atoms with Crippen molar-refractivity contribution in [2.75, 3.05) is 16.4 Å². The van der Waals surface area contributed by atoms with E-state index in [1.165, 1.54) is 11.0 Å². The lowest BCUT2D eigenvalue weighted by molar-refractivity contribution is -0.117. The van der Waals surface area contributed by atoms with E-state index in [0.29, 0.717) is 10.6 Å². The summed E-state index contributed by atoms with van der Waals surface area (Å²) in [6.07, 6.45) is -0.0445. The van der Waals surface area contributed by atoms with E-state index < -0.39 is 33.4 Å². The fourth-order valence-corrected chi connectivity index (χ4v) is 7.60. The lowest BCUT2D eigenvalue weighted by Gasteiger charge is -2.24. The van der Waals surface area contributed by atoms with Crippen LogP contribution in [0.1, 0.15) is 5.56 Å². The van der Waals surface area contributed by atoms with Gasteiger partial charge in [0.25, 0.3) is 5.91 Å². The number of thioether (sulfide) groups is 1. The number of nitrogens with zero attached hydrogens (tertiary/aromatic N) is 2.